The van der Waals surface area contributed by atoms with Crippen molar-refractivity contribution in [2.45, 2.75) is 26.7 Å². The van der Waals surface area contributed by atoms with Crippen LogP contribution in [0.25, 0.3) is 11.4 Å². The molecule has 3 N–H and O–H groups in total. The van der Waals surface area contributed by atoms with Crippen molar-refractivity contribution in [2.75, 3.05) is 11.1 Å². The lowest BCUT2D eigenvalue weighted by Gasteiger charge is -2.14. The summed E-state index contributed by atoms with van der Waals surface area (Å²) in [7, 11) is 0. The molecule has 0 atom stereocenters. The number of halogens is 1. The normalized spacial score (nSPS) is 10.9. The van der Waals surface area contributed by atoms with Crippen molar-refractivity contribution in [1.29, 1.82) is 0 Å². The summed E-state index contributed by atoms with van der Waals surface area (Å²) in [4.78, 5) is 20.8. The molecule has 0 bridgehead atoms. The second-order valence-electron chi connectivity index (χ2n) is 5.90. The Morgan fingerprint density at radius 3 is 2.56 bits per heavy atom. The van der Waals surface area contributed by atoms with E-state index in [0.29, 0.717) is 28.7 Å². The van der Waals surface area contributed by atoms with Gasteiger partial charge in [0.05, 0.1) is 23.6 Å². The summed E-state index contributed by atoms with van der Waals surface area (Å²) in [5, 5.41) is 3.06. The van der Waals surface area contributed by atoms with Crippen molar-refractivity contribution in [3.05, 3.63) is 47.9 Å². The van der Waals surface area contributed by atoms with Crippen LogP contribution in [-0.2, 0) is 0 Å². The van der Waals surface area contributed by atoms with Crippen LogP contribution in [0.1, 0.15) is 31.2 Å². The second-order valence-corrected chi connectivity index (χ2v) is 5.90. The molecule has 3 aromatic rings. The van der Waals surface area contributed by atoms with Crippen LogP contribution in [0, 0.1) is 12.7 Å². The van der Waals surface area contributed by atoms with E-state index in [1.807, 2.05) is 6.07 Å². The molecule has 0 aliphatic carbocycles. The predicted molar refractivity (Wildman–Crippen MR) is 93.8 cm³/mol. The molecule has 0 aliphatic heterocycles. The first kappa shape index (κ1) is 16.7. The number of pyridine rings is 2. The number of aromatic nitrogens is 5. The number of anilines is 3. The zero-order valence-electron chi connectivity index (χ0n) is 14.2. The lowest BCUT2D eigenvalue weighted by atomic mass is 10.0. The fourth-order valence-corrected chi connectivity index (χ4v) is 2.31. The Hall–Kier alpha value is -3.16. The highest BCUT2D eigenvalue weighted by atomic mass is 19.1. The fraction of sp³-hybridized carbons (Fsp3) is 0.235. The maximum Gasteiger partial charge on any atom is 0.223 e. The molecule has 0 unspecified atom stereocenters. The molecule has 0 amide bonds. The predicted octanol–water partition coefficient (Wildman–Crippen LogP) is 3.23. The van der Waals surface area contributed by atoms with Gasteiger partial charge in [-0.1, -0.05) is 13.8 Å². The molecule has 0 aliphatic rings. The number of rotatable bonds is 4. The van der Waals surface area contributed by atoms with Crippen molar-refractivity contribution in [2.24, 2.45) is 0 Å². The fourth-order valence-electron chi connectivity index (χ4n) is 2.31. The van der Waals surface area contributed by atoms with Gasteiger partial charge in [-0.15, -0.1) is 0 Å². The third kappa shape index (κ3) is 3.85. The summed E-state index contributed by atoms with van der Waals surface area (Å²) >= 11 is 0. The Kier molecular flexibility index (Phi) is 4.51. The minimum Gasteiger partial charge on any atom is -0.368 e. The third-order valence-electron chi connectivity index (χ3n) is 3.55. The third-order valence-corrected chi connectivity index (χ3v) is 3.55. The van der Waals surface area contributed by atoms with Gasteiger partial charge >= 0.3 is 0 Å². The van der Waals surface area contributed by atoms with Crippen molar-refractivity contribution in [3.63, 3.8) is 0 Å². The van der Waals surface area contributed by atoms with Gasteiger partial charge in [-0.2, -0.15) is 9.97 Å². The molecule has 3 aromatic heterocycles. The molecule has 7 nitrogen and oxygen atoms in total. The topological polar surface area (TPSA) is 102 Å². The zero-order valence-corrected chi connectivity index (χ0v) is 14.2. The van der Waals surface area contributed by atoms with E-state index in [0.717, 1.165) is 11.8 Å². The van der Waals surface area contributed by atoms with Gasteiger partial charge in [-0.05, 0) is 24.5 Å². The van der Waals surface area contributed by atoms with Crippen molar-refractivity contribution < 1.29 is 4.39 Å². The van der Waals surface area contributed by atoms with E-state index in [1.54, 1.807) is 13.1 Å². The Balaban J connectivity index is 2.11. The Labute approximate surface area is 144 Å². The molecule has 0 saturated heterocycles. The number of hydrogen-bond acceptors (Lipinski definition) is 7. The molecule has 0 spiro atoms. The number of aryl methyl sites for hydroxylation is 1. The van der Waals surface area contributed by atoms with Crippen LogP contribution in [0.2, 0.25) is 0 Å². The highest BCUT2D eigenvalue weighted by Crippen LogP contribution is 2.29. The zero-order chi connectivity index (χ0) is 18.0. The van der Waals surface area contributed by atoms with E-state index in [4.69, 9.17) is 5.73 Å². The molecule has 3 heterocycles. The van der Waals surface area contributed by atoms with Crippen LogP contribution in [0.15, 0.2) is 30.7 Å². The molecule has 0 fully saturated rings. The molecule has 0 saturated carbocycles. The molecular weight excluding hydrogens is 321 g/mol. The molecule has 3 rings (SSSR count). The van der Waals surface area contributed by atoms with Gasteiger partial charge in [-0.25, -0.2) is 14.4 Å². The van der Waals surface area contributed by atoms with E-state index in [2.05, 4.69) is 44.1 Å². The lowest BCUT2D eigenvalue weighted by Crippen LogP contribution is -2.05. The van der Waals surface area contributed by atoms with Crippen molar-refractivity contribution in [3.8, 4) is 11.4 Å². The van der Waals surface area contributed by atoms with Crippen LogP contribution in [0.5, 0.6) is 0 Å². The maximum atomic E-state index is 13.4. The summed E-state index contributed by atoms with van der Waals surface area (Å²) in [6, 6.07) is 3.28. The van der Waals surface area contributed by atoms with Crippen molar-refractivity contribution in [1.82, 2.24) is 24.9 Å². The number of nitrogen functional groups attached to an aromatic ring is 1. The number of nitrogens with zero attached hydrogens (tertiary/aromatic N) is 5. The largest absolute Gasteiger partial charge is 0.368 e. The summed E-state index contributed by atoms with van der Waals surface area (Å²) in [5.41, 5.74) is 7.91. The first-order valence-electron chi connectivity index (χ1n) is 7.78. The number of hydrogen-bond donors (Lipinski definition) is 2. The van der Waals surface area contributed by atoms with Crippen LogP contribution >= 0.6 is 0 Å². The molecular formula is C17H18FN7. The second kappa shape index (κ2) is 6.76. The van der Waals surface area contributed by atoms with E-state index in [1.165, 1.54) is 12.3 Å². The van der Waals surface area contributed by atoms with Gasteiger partial charge in [-0.3, -0.25) is 4.98 Å². The monoisotopic (exact) mass is 339 g/mol. The lowest BCUT2D eigenvalue weighted by molar-refractivity contribution is 0.622. The maximum absolute atomic E-state index is 13.4. The first-order valence-corrected chi connectivity index (χ1v) is 7.78. The highest BCUT2D eigenvalue weighted by molar-refractivity contribution is 5.75. The minimum atomic E-state index is -0.439. The number of nitrogens with one attached hydrogen (secondary N) is 1. The summed E-state index contributed by atoms with van der Waals surface area (Å²) in [5.74, 6) is 1.38. The van der Waals surface area contributed by atoms with Crippen LogP contribution in [0.4, 0.5) is 21.8 Å². The van der Waals surface area contributed by atoms with Gasteiger partial charge < -0.3 is 11.1 Å². The minimum absolute atomic E-state index is 0.135. The quantitative estimate of drug-likeness (QED) is 0.752. The van der Waals surface area contributed by atoms with Crippen LogP contribution in [-0.4, -0.2) is 24.9 Å². The van der Waals surface area contributed by atoms with Gasteiger partial charge in [0.2, 0.25) is 5.95 Å². The van der Waals surface area contributed by atoms with E-state index in [-0.39, 0.29) is 11.9 Å². The summed E-state index contributed by atoms with van der Waals surface area (Å²) in [6.45, 7) is 5.87. The highest BCUT2D eigenvalue weighted by Gasteiger charge is 2.14. The Morgan fingerprint density at radius 1 is 1.08 bits per heavy atom. The molecule has 0 aromatic carbocycles. The Morgan fingerprint density at radius 2 is 1.88 bits per heavy atom. The van der Waals surface area contributed by atoms with Gasteiger partial charge in [0.15, 0.2) is 5.82 Å². The SMILES string of the molecule is Cc1nc(N)nc(-c2cc(C(C)C)cnc2Nc2cncc(F)c2)n1. The smallest absolute Gasteiger partial charge is 0.223 e. The molecule has 8 heteroatoms. The van der Waals surface area contributed by atoms with Gasteiger partial charge in [0.25, 0.3) is 0 Å². The van der Waals surface area contributed by atoms with Crippen molar-refractivity contribution >= 4 is 17.5 Å². The van der Waals surface area contributed by atoms with Crippen LogP contribution in [0.3, 0.4) is 0 Å². The number of nitrogens with two attached hydrogens (primary N) is 1. The average Bonchev–Trinajstić information content (AvgIpc) is 2.54. The standard InChI is InChI=1S/C17H18FN7/c1-9(2)11-4-14(16-22-10(3)23-17(19)25-16)15(21-6-11)24-13-5-12(18)7-20-8-13/h4-9H,1-3H3,(H,21,24)(H2,19,22,23,25). The summed E-state index contributed by atoms with van der Waals surface area (Å²) < 4.78 is 13.4. The van der Waals surface area contributed by atoms with E-state index >= 15 is 0 Å². The van der Waals surface area contributed by atoms with E-state index < -0.39 is 5.82 Å². The average molecular weight is 339 g/mol. The Bertz CT molecular complexity index is 891. The first-order chi connectivity index (χ1) is 11.9. The summed E-state index contributed by atoms with van der Waals surface area (Å²) in [6.07, 6.45) is 4.41. The molecule has 128 valence electrons. The van der Waals surface area contributed by atoms with E-state index in [9.17, 15) is 4.39 Å². The van der Waals surface area contributed by atoms with Gasteiger partial charge in [0.1, 0.15) is 17.5 Å². The molecule has 0 radical (unpaired) electrons. The molecule has 25 heavy (non-hydrogen) atoms. The van der Waals surface area contributed by atoms with Crippen LogP contribution < -0.4 is 11.1 Å². The van der Waals surface area contributed by atoms with Gasteiger partial charge in [0, 0.05) is 12.3 Å².